The molecule has 2 aromatic rings. The first-order valence-electron chi connectivity index (χ1n) is 10.9. The Kier molecular flexibility index (Phi) is 7.69. The van der Waals surface area contributed by atoms with Gasteiger partial charge in [0.25, 0.3) is 0 Å². The predicted molar refractivity (Wildman–Crippen MR) is 129 cm³/mol. The SMILES string of the molecule is COc1ccc(C(=O)O)cc1C=C(CNC(=O)OCc1ccccc1)B1OC(C)(C)C(C)(C)O1. The largest absolute Gasteiger partial charge is 0.496 e. The summed E-state index contributed by atoms with van der Waals surface area (Å²) in [6.07, 6.45) is 1.11. The van der Waals surface area contributed by atoms with E-state index in [0.717, 1.165) is 5.56 Å². The summed E-state index contributed by atoms with van der Waals surface area (Å²) in [6.45, 7) is 7.91. The topological polar surface area (TPSA) is 103 Å². The molecule has 0 unspecified atom stereocenters. The fraction of sp³-hybridized carbons (Fsp3) is 0.360. The van der Waals surface area contributed by atoms with Gasteiger partial charge in [-0.25, -0.2) is 9.59 Å². The molecule has 2 N–H and O–H groups in total. The highest BCUT2D eigenvalue weighted by atomic mass is 16.7. The Labute approximate surface area is 200 Å². The van der Waals surface area contributed by atoms with E-state index < -0.39 is 30.4 Å². The van der Waals surface area contributed by atoms with Crippen LogP contribution in [0.2, 0.25) is 0 Å². The van der Waals surface area contributed by atoms with Gasteiger partial charge in [0, 0.05) is 12.1 Å². The number of hydrogen-bond acceptors (Lipinski definition) is 6. The van der Waals surface area contributed by atoms with Gasteiger partial charge in [0.2, 0.25) is 0 Å². The normalized spacial score (nSPS) is 16.7. The highest BCUT2D eigenvalue weighted by Gasteiger charge is 2.52. The molecular formula is C25H30BNO7. The monoisotopic (exact) mass is 467 g/mol. The summed E-state index contributed by atoms with van der Waals surface area (Å²) in [5.74, 6) is -0.581. The third-order valence-corrected chi connectivity index (χ3v) is 6.02. The molecule has 8 nitrogen and oxygen atoms in total. The number of methoxy groups -OCH3 is 1. The van der Waals surface area contributed by atoms with Crippen molar-refractivity contribution in [1.29, 1.82) is 0 Å². The van der Waals surface area contributed by atoms with Crippen LogP contribution in [0.15, 0.2) is 54.0 Å². The summed E-state index contributed by atoms with van der Waals surface area (Å²) in [4.78, 5) is 23.8. The number of rotatable bonds is 8. The Morgan fingerprint density at radius 2 is 1.71 bits per heavy atom. The van der Waals surface area contributed by atoms with Crippen molar-refractivity contribution in [3.05, 3.63) is 70.7 Å². The quantitative estimate of drug-likeness (QED) is 0.557. The van der Waals surface area contributed by atoms with Crippen molar-refractivity contribution < 1.29 is 33.5 Å². The third kappa shape index (κ3) is 5.98. The molecule has 0 radical (unpaired) electrons. The van der Waals surface area contributed by atoms with Crippen molar-refractivity contribution >= 4 is 25.3 Å². The zero-order valence-electron chi connectivity index (χ0n) is 20.1. The van der Waals surface area contributed by atoms with E-state index in [1.54, 1.807) is 12.1 Å². The van der Waals surface area contributed by atoms with Gasteiger partial charge in [-0.3, -0.25) is 0 Å². The van der Waals surface area contributed by atoms with Gasteiger partial charge in [-0.05, 0) is 56.9 Å². The molecule has 0 spiro atoms. The van der Waals surface area contributed by atoms with Crippen molar-refractivity contribution in [3.8, 4) is 5.75 Å². The molecular weight excluding hydrogens is 437 g/mol. The summed E-state index contributed by atoms with van der Waals surface area (Å²) >= 11 is 0. The minimum atomic E-state index is -1.06. The molecule has 0 atom stereocenters. The van der Waals surface area contributed by atoms with Crippen LogP contribution in [-0.4, -0.2) is 49.1 Å². The first-order valence-corrected chi connectivity index (χ1v) is 10.9. The average Bonchev–Trinajstić information content (AvgIpc) is 3.02. The molecule has 1 fully saturated rings. The number of hydrogen-bond donors (Lipinski definition) is 2. The molecule has 1 saturated heterocycles. The summed E-state index contributed by atoms with van der Waals surface area (Å²) in [5.41, 5.74) is 0.877. The number of benzene rings is 2. The number of carbonyl (C=O) groups is 2. The Bertz CT molecular complexity index is 1050. The zero-order valence-corrected chi connectivity index (χ0v) is 20.1. The van der Waals surface area contributed by atoms with Gasteiger partial charge in [0.15, 0.2) is 0 Å². The van der Waals surface area contributed by atoms with E-state index in [1.807, 2.05) is 58.0 Å². The lowest BCUT2D eigenvalue weighted by Crippen LogP contribution is -2.41. The minimum Gasteiger partial charge on any atom is -0.496 e. The number of carbonyl (C=O) groups excluding carboxylic acids is 1. The zero-order chi connectivity index (χ0) is 24.9. The first-order chi connectivity index (χ1) is 16.0. The molecule has 0 bridgehead atoms. The van der Waals surface area contributed by atoms with E-state index in [-0.39, 0.29) is 18.7 Å². The molecule has 0 saturated carbocycles. The van der Waals surface area contributed by atoms with Gasteiger partial charge in [0.05, 0.1) is 23.9 Å². The predicted octanol–water partition coefficient (Wildman–Crippen LogP) is 4.33. The number of carboxylic acid groups (broad SMARTS) is 1. The number of alkyl carbamates (subject to hydrolysis) is 1. The average molecular weight is 467 g/mol. The Balaban J connectivity index is 1.84. The van der Waals surface area contributed by atoms with E-state index in [1.165, 1.54) is 19.2 Å². The van der Waals surface area contributed by atoms with E-state index in [9.17, 15) is 14.7 Å². The second kappa shape index (κ2) is 10.3. The Morgan fingerprint density at radius 1 is 1.06 bits per heavy atom. The molecule has 34 heavy (non-hydrogen) atoms. The fourth-order valence-electron chi connectivity index (χ4n) is 3.33. The maximum Gasteiger partial charge on any atom is 0.492 e. The molecule has 1 aliphatic heterocycles. The lowest BCUT2D eigenvalue weighted by Gasteiger charge is -2.32. The highest BCUT2D eigenvalue weighted by molar-refractivity contribution is 6.56. The van der Waals surface area contributed by atoms with Gasteiger partial charge < -0.3 is 29.2 Å². The number of amides is 1. The summed E-state index contributed by atoms with van der Waals surface area (Å²) in [7, 11) is 0.735. The maximum atomic E-state index is 12.4. The van der Waals surface area contributed by atoms with Crippen molar-refractivity contribution in [2.24, 2.45) is 0 Å². The van der Waals surface area contributed by atoms with Crippen molar-refractivity contribution in [3.63, 3.8) is 0 Å². The highest BCUT2D eigenvalue weighted by Crippen LogP contribution is 2.39. The third-order valence-electron chi connectivity index (χ3n) is 6.02. The molecule has 2 aromatic carbocycles. The van der Waals surface area contributed by atoms with E-state index in [4.69, 9.17) is 18.8 Å². The molecule has 1 aliphatic rings. The number of ether oxygens (including phenoxy) is 2. The second-order valence-corrected chi connectivity index (χ2v) is 8.98. The van der Waals surface area contributed by atoms with Crippen molar-refractivity contribution in [2.45, 2.75) is 45.5 Å². The van der Waals surface area contributed by atoms with Gasteiger partial charge in [-0.2, -0.15) is 0 Å². The number of carboxylic acids is 1. The van der Waals surface area contributed by atoms with E-state index >= 15 is 0 Å². The van der Waals surface area contributed by atoms with Crippen molar-refractivity contribution in [2.75, 3.05) is 13.7 Å². The van der Waals surface area contributed by atoms with Crippen LogP contribution in [0.4, 0.5) is 4.79 Å². The molecule has 3 rings (SSSR count). The minimum absolute atomic E-state index is 0.0604. The van der Waals surface area contributed by atoms with E-state index in [0.29, 0.717) is 16.8 Å². The van der Waals surface area contributed by atoms with Crippen LogP contribution in [0.5, 0.6) is 5.75 Å². The van der Waals surface area contributed by atoms with Gasteiger partial charge >= 0.3 is 19.2 Å². The number of aromatic carboxylic acids is 1. The summed E-state index contributed by atoms with van der Waals surface area (Å²) < 4.78 is 23.1. The Hall–Kier alpha value is -3.30. The lowest BCUT2D eigenvalue weighted by molar-refractivity contribution is 0.00578. The van der Waals surface area contributed by atoms with Crippen LogP contribution in [0.3, 0.4) is 0 Å². The molecule has 0 aliphatic carbocycles. The molecule has 180 valence electrons. The van der Waals surface area contributed by atoms with Crippen LogP contribution in [0, 0.1) is 0 Å². The second-order valence-electron chi connectivity index (χ2n) is 8.98. The molecule has 0 aromatic heterocycles. The van der Waals surface area contributed by atoms with Crippen LogP contribution >= 0.6 is 0 Å². The van der Waals surface area contributed by atoms with Crippen molar-refractivity contribution in [1.82, 2.24) is 5.32 Å². The first kappa shape index (κ1) is 25.3. The van der Waals surface area contributed by atoms with Gasteiger partial charge in [-0.1, -0.05) is 36.4 Å². The standard InChI is InChI=1S/C25H30BNO7/c1-24(2)25(3,4)34-26(33-24)20(14-19-13-18(22(28)29)11-12-21(19)31-5)15-27-23(30)32-16-17-9-7-6-8-10-17/h6-14H,15-16H2,1-5H3,(H,27,30)(H,28,29). The van der Waals surface area contributed by atoms with Crippen LogP contribution in [-0.2, 0) is 20.7 Å². The summed E-state index contributed by atoms with van der Waals surface area (Å²) in [5, 5.41) is 12.1. The molecule has 1 amide bonds. The lowest BCUT2D eigenvalue weighted by atomic mass is 9.76. The van der Waals surface area contributed by atoms with Crippen LogP contribution in [0.25, 0.3) is 6.08 Å². The van der Waals surface area contributed by atoms with Crippen LogP contribution < -0.4 is 10.1 Å². The fourth-order valence-corrected chi connectivity index (χ4v) is 3.33. The summed E-state index contributed by atoms with van der Waals surface area (Å²) in [6, 6.07) is 13.9. The number of nitrogens with one attached hydrogen (secondary N) is 1. The van der Waals surface area contributed by atoms with Crippen LogP contribution in [0.1, 0.15) is 49.2 Å². The smallest absolute Gasteiger partial charge is 0.492 e. The van der Waals surface area contributed by atoms with Gasteiger partial charge in [0.1, 0.15) is 12.4 Å². The van der Waals surface area contributed by atoms with Gasteiger partial charge in [-0.15, -0.1) is 0 Å². The Morgan fingerprint density at radius 3 is 2.29 bits per heavy atom. The molecule has 9 heteroatoms. The molecule has 1 heterocycles. The van der Waals surface area contributed by atoms with E-state index in [2.05, 4.69) is 5.32 Å². The maximum absolute atomic E-state index is 12.4.